The minimum Gasteiger partial charge on any atom is -0.382 e. The van der Waals surface area contributed by atoms with E-state index in [4.69, 9.17) is 17.3 Å². The number of aromatic nitrogens is 3. The predicted octanol–water partition coefficient (Wildman–Crippen LogP) is 4.50. The molecule has 8 heteroatoms. The molecule has 0 saturated heterocycles. The summed E-state index contributed by atoms with van der Waals surface area (Å²) >= 11 is 5.84. The number of aromatic amines is 1. The van der Waals surface area contributed by atoms with Crippen molar-refractivity contribution < 1.29 is 4.79 Å². The number of H-pyrrole nitrogens is 1. The number of nitrogens with zero attached hydrogens (tertiary/aromatic N) is 2. The van der Waals surface area contributed by atoms with E-state index >= 15 is 0 Å². The van der Waals surface area contributed by atoms with Crippen LogP contribution in [-0.2, 0) is 0 Å². The molecule has 0 aliphatic heterocycles. The van der Waals surface area contributed by atoms with Crippen LogP contribution in [0.3, 0.4) is 0 Å². The first-order valence-corrected chi connectivity index (χ1v) is 8.50. The normalized spacial score (nSPS) is 10.7. The number of carbonyl (C=O) groups is 1. The number of nitrogens with two attached hydrogens (primary N) is 1. The topological polar surface area (TPSA) is 109 Å². The Morgan fingerprint density at radius 2 is 1.78 bits per heavy atom. The smallest absolute Gasteiger partial charge is 0.324 e. The van der Waals surface area contributed by atoms with Crippen molar-refractivity contribution in [1.82, 2.24) is 15.2 Å². The maximum atomic E-state index is 12.2. The minimum absolute atomic E-state index is 0.392. The van der Waals surface area contributed by atoms with Crippen LogP contribution < -0.4 is 16.4 Å². The van der Waals surface area contributed by atoms with Gasteiger partial charge in [0, 0.05) is 22.3 Å². The van der Waals surface area contributed by atoms with Gasteiger partial charge in [0.05, 0.1) is 5.52 Å². The first-order valence-electron chi connectivity index (χ1n) is 8.12. The van der Waals surface area contributed by atoms with E-state index in [2.05, 4.69) is 25.8 Å². The van der Waals surface area contributed by atoms with E-state index in [0.29, 0.717) is 22.3 Å². The van der Waals surface area contributed by atoms with Gasteiger partial charge in [-0.05, 0) is 59.7 Å². The van der Waals surface area contributed by atoms with Gasteiger partial charge in [-0.25, -0.2) is 9.78 Å². The summed E-state index contributed by atoms with van der Waals surface area (Å²) in [7, 11) is 0. The number of anilines is 3. The average molecular weight is 379 g/mol. The molecular weight excluding hydrogens is 364 g/mol. The molecule has 4 rings (SSSR count). The molecule has 0 bridgehead atoms. The highest BCUT2D eigenvalue weighted by Gasteiger charge is 2.08. The van der Waals surface area contributed by atoms with Crippen LogP contribution >= 0.6 is 11.6 Å². The first kappa shape index (κ1) is 16.9. The fourth-order valence-electron chi connectivity index (χ4n) is 2.70. The molecule has 27 heavy (non-hydrogen) atoms. The zero-order valence-corrected chi connectivity index (χ0v) is 14.8. The predicted molar refractivity (Wildman–Crippen MR) is 108 cm³/mol. The number of hydrogen-bond donors (Lipinski definition) is 4. The first-order chi connectivity index (χ1) is 13.1. The van der Waals surface area contributed by atoms with E-state index in [1.54, 1.807) is 36.5 Å². The Kier molecular flexibility index (Phi) is 4.35. The number of amides is 2. The fourth-order valence-corrected chi connectivity index (χ4v) is 2.83. The standard InChI is InChI=1S/C19H15ClN6O/c20-13-2-4-14(5-3-13)23-19(27)24-17-10-12(7-8-22-17)11-1-6-16-15(9-11)18(21)26-25-16/h1-10H,(H3,21,25,26)(H2,22,23,24,27). The lowest BCUT2D eigenvalue weighted by Gasteiger charge is -2.09. The van der Waals surface area contributed by atoms with Gasteiger partial charge < -0.3 is 11.1 Å². The summed E-state index contributed by atoms with van der Waals surface area (Å²) in [6.07, 6.45) is 1.64. The molecule has 4 aromatic rings. The molecule has 2 heterocycles. The van der Waals surface area contributed by atoms with Crippen molar-refractivity contribution in [2.24, 2.45) is 0 Å². The van der Waals surface area contributed by atoms with Crippen LogP contribution in [0.5, 0.6) is 0 Å². The third-order valence-electron chi connectivity index (χ3n) is 4.03. The zero-order chi connectivity index (χ0) is 18.8. The molecule has 0 saturated carbocycles. The van der Waals surface area contributed by atoms with Crippen LogP contribution in [0.15, 0.2) is 60.8 Å². The molecule has 0 spiro atoms. The second kappa shape index (κ2) is 6.97. The van der Waals surface area contributed by atoms with Gasteiger partial charge in [-0.15, -0.1) is 0 Å². The number of nitrogen functional groups attached to an aromatic ring is 1. The van der Waals surface area contributed by atoms with E-state index in [-0.39, 0.29) is 0 Å². The monoisotopic (exact) mass is 378 g/mol. The van der Waals surface area contributed by atoms with Crippen molar-refractivity contribution in [2.75, 3.05) is 16.4 Å². The number of halogens is 1. The fraction of sp³-hybridized carbons (Fsp3) is 0. The SMILES string of the molecule is Nc1n[nH]c2ccc(-c3ccnc(NC(=O)Nc4ccc(Cl)cc4)c3)cc12. The highest BCUT2D eigenvalue weighted by atomic mass is 35.5. The number of rotatable bonds is 3. The third kappa shape index (κ3) is 3.68. The molecule has 0 aliphatic rings. The van der Waals surface area contributed by atoms with Gasteiger partial charge in [0.1, 0.15) is 5.82 Å². The molecule has 2 aromatic carbocycles. The van der Waals surface area contributed by atoms with Crippen LogP contribution in [-0.4, -0.2) is 21.2 Å². The Morgan fingerprint density at radius 3 is 2.59 bits per heavy atom. The second-order valence-corrected chi connectivity index (χ2v) is 6.32. The zero-order valence-electron chi connectivity index (χ0n) is 14.0. The van der Waals surface area contributed by atoms with Crippen molar-refractivity contribution in [3.63, 3.8) is 0 Å². The number of nitrogens with one attached hydrogen (secondary N) is 3. The summed E-state index contributed by atoms with van der Waals surface area (Å²) in [6, 6.07) is 15.9. The summed E-state index contributed by atoms with van der Waals surface area (Å²) in [5.41, 5.74) is 9.21. The Morgan fingerprint density at radius 1 is 1.00 bits per heavy atom. The molecule has 0 atom stereocenters. The number of benzene rings is 2. The average Bonchev–Trinajstić information content (AvgIpc) is 3.04. The van der Waals surface area contributed by atoms with Gasteiger partial charge in [0.15, 0.2) is 5.82 Å². The molecule has 0 unspecified atom stereocenters. The Hall–Kier alpha value is -3.58. The molecule has 2 aromatic heterocycles. The molecule has 7 nitrogen and oxygen atoms in total. The summed E-state index contributed by atoms with van der Waals surface area (Å²) in [6.45, 7) is 0. The molecular formula is C19H15ClN6O. The maximum absolute atomic E-state index is 12.2. The van der Waals surface area contributed by atoms with Crippen LogP contribution in [0.2, 0.25) is 5.02 Å². The van der Waals surface area contributed by atoms with E-state index in [0.717, 1.165) is 22.0 Å². The lowest BCUT2D eigenvalue weighted by Crippen LogP contribution is -2.20. The van der Waals surface area contributed by atoms with Crippen molar-refractivity contribution >= 4 is 45.9 Å². The number of pyridine rings is 1. The summed E-state index contributed by atoms with van der Waals surface area (Å²) in [4.78, 5) is 16.4. The van der Waals surface area contributed by atoms with Crippen LogP contribution in [0.25, 0.3) is 22.0 Å². The van der Waals surface area contributed by atoms with Gasteiger partial charge in [-0.2, -0.15) is 5.10 Å². The van der Waals surface area contributed by atoms with Crippen molar-refractivity contribution in [1.29, 1.82) is 0 Å². The number of hydrogen-bond acceptors (Lipinski definition) is 4. The molecule has 0 radical (unpaired) electrons. The van der Waals surface area contributed by atoms with E-state index in [1.165, 1.54) is 0 Å². The van der Waals surface area contributed by atoms with E-state index in [1.807, 2.05) is 24.3 Å². The largest absolute Gasteiger partial charge is 0.382 e. The van der Waals surface area contributed by atoms with Gasteiger partial charge in [0.2, 0.25) is 0 Å². The third-order valence-corrected chi connectivity index (χ3v) is 4.28. The van der Waals surface area contributed by atoms with Gasteiger partial charge in [0.25, 0.3) is 0 Å². The van der Waals surface area contributed by atoms with E-state index in [9.17, 15) is 4.79 Å². The second-order valence-electron chi connectivity index (χ2n) is 5.88. The quantitative estimate of drug-likeness (QED) is 0.420. The molecule has 0 fully saturated rings. The van der Waals surface area contributed by atoms with E-state index < -0.39 is 6.03 Å². The Balaban J connectivity index is 1.53. The molecule has 5 N–H and O–H groups in total. The van der Waals surface area contributed by atoms with Crippen LogP contribution in [0.1, 0.15) is 0 Å². The molecule has 2 amide bonds. The van der Waals surface area contributed by atoms with Gasteiger partial charge >= 0.3 is 6.03 Å². The van der Waals surface area contributed by atoms with Crippen molar-refractivity contribution in [3.8, 4) is 11.1 Å². The van der Waals surface area contributed by atoms with Crippen molar-refractivity contribution in [3.05, 3.63) is 65.8 Å². The minimum atomic E-state index is -0.392. The number of urea groups is 1. The van der Waals surface area contributed by atoms with Crippen LogP contribution in [0.4, 0.5) is 22.1 Å². The summed E-state index contributed by atoms with van der Waals surface area (Å²) < 4.78 is 0. The Labute approximate surface area is 159 Å². The number of carbonyl (C=O) groups excluding carboxylic acids is 1. The summed E-state index contributed by atoms with van der Waals surface area (Å²) in [5.74, 6) is 0.876. The van der Waals surface area contributed by atoms with Gasteiger partial charge in [-0.1, -0.05) is 17.7 Å². The van der Waals surface area contributed by atoms with Crippen LogP contribution in [0, 0.1) is 0 Å². The number of fused-ring (bicyclic) bond motifs is 1. The Bertz CT molecular complexity index is 1120. The lowest BCUT2D eigenvalue weighted by molar-refractivity contribution is 0.262. The summed E-state index contributed by atoms with van der Waals surface area (Å²) in [5, 5.41) is 13.8. The van der Waals surface area contributed by atoms with Crippen molar-refractivity contribution in [2.45, 2.75) is 0 Å². The highest BCUT2D eigenvalue weighted by molar-refractivity contribution is 6.30. The lowest BCUT2D eigenvalue weighted by atomic mass is 10.0. The molecule has 0 aliphatic carbocycles. The maximum Gasteiger partial charge on any atom is 0.324 e. The highest BCUT2D eigenvalue weighted by Crippen LogP contribution is 2.27. The van der Waals surface area contributed by atoms with Gasteiger partial charge in [-0.3, -0.25) is 10.4 Å². The molecule has 134 valence electrons.